The van der Waals surface area contributed by atoms with E-state index in [9.17, 15) is 0 Å². The lowest BCUT2D eigenvalue weighted by atomic mass is 9.64. The largest absolute Gasteiger partial charge is 0.310 e. The standard InChI is InChI=1S/C67H44N2S2/c1-3-16-47(17-4-1)66(58-24-9-7-22-54(58)55-23-8-10-25-59(55)66)49-31-33-51(34-32-49)69(53-35-37-62-57(44-53)56-36-30-46(42-65(56)70-62)45-38-40-68-41-39-45)52-21-15-20-50(43-52)67(48-18-5-2-6-19-48)60-26-11-13-28-63(60)71-64-29-14-12-27-61(64)67/h1-44H. The number of aromatic nitrogens is 1. The molecule has 0 fully saturated rings. The summed E-state index contributed by atoms with van der Waals surface area (Å²) in [7, 11) is 0. The molecule has 0 saturated carbocycles. The normalized spacial score (nSPS) is 13.8. The Morgan fingerprint density at radius 1 is 0.324 bits per heavy atom. The van der Waals surface area contributed by atoms with Crippen molar-refractivity contribution in [2.45, 2.75) is 20.6 Å². The summed E-state index contributed by atoms with van der Waals surface area (Å²) in [5.74, 6) is 0. The number of hydrogen-bond donors (Lipinski definition) is 0. The van der Waals surface area contributed by atoms with Gasteiger partial charge in [-0.3, -0.25) is 4.98 Å². The minimum atomic E-state index is -0.573. The predicted octanol–water partition coefficient (Wildman–Crippen LogP) is 17.8. The van der Waals surface area contributed by atoms with E-state index in [0.29, 0.717) is 0 Å². The van der Waals surface area contributed by atoms with Gasteiger partial charge in [-0.25, -0.2) is 0 Å². The summed E-state index contributed by atoms with van der Waals surface area (Å²) < 4.78 is 2.53. The van der Waals surface area contributed by atoms with Crippen LogP contribution in [-0.4, -0.2) is 4.98 Å². The van der Waals surface area contributed by atoms with Gasteiger partial charge in [0, 0.05) is 59.4 Å². The molecule has 0 radical (unpaired) electrons. The Bertz CT molecular complexity index is 3880. The Morgan fingerprint density at radius 3 is 1.49 bits per heavy atom. The molecule has 1 aliphatic carbocycles. The van der Waals surface area contributed by atoms with Gasteiger partial charge in [0.05, 0.1) is 10.8 Å². The van der Waals surface area contributed by atoms with Crippen molar-refractivity contribution < 1.29 is 0 Å². The molecule has 0 N–H and O–H groups in total. The monoisotopic (exact) mass is 940 g/mol. The highest BCUT2D eigenvalue weighted by Crippen LogP contribution is 2.58. The van der Waals surface area contributed by atoms with Gasteiger partial charge in [-0.05, 0) is 140 Å². The second-order valence-corrected chi connectivity index (χ2v) is 20.7. The van der Waals surface area contributed by atoms with Crippen molar-refractivity contribution in [2.24, 2.45) is 0 Å². The lowest BCUT2D eigenvalue weighted by molar-refractivity contribution is 0.703. The molecule has 0 bridgehead atoms. The maximum Gasteiger partial charge on any atom is 0.0724 e. The number of benzene rings is 10. The molecule has 14 rings (SSSR count). The van der Waals surface area contributed by atoms with Crippen molar-refractivity contribution in [2.75, 3.05) is 4.90 Å². The van der Waals surface area contributed by atoms with Crippen molar-refractivity contribution in [3.8, 4) is 22.3 Å². The Labute approximate surface area is 422 Å². The first-order valence-corrected chi connectivity index (χ1v) is 25.9. The summed E-state index contributed by atoms with van der Waals surface area (Å²) in [6.45, 7) is 0. The van der Waals surface area contributed by atoms with Gasteiger partial charge in [-0.15, -0.1) is 11.3 Å². The van der Waals surface area contributed by atoms with E-state index in [4.69, 9.17) is 0 Å². The van der Waals surface area contributed by atoms with Gasteiger partial charge < -0.3 is 4.90 Å². The van der Waals surface area contributed by atoms with Gasteiger partial charge in [0.2, 0.25) is 0 Å². The number of thiophene rings is 1. The van der Waals surface area contributed by atoms with Crippen LogP contribution in [0.4, 0.5) is 17.1 Å². The van der Waals surface area contributed by atoms with Crippen molar-refractivity contribution in [1.29, 1.82) is 0 Å². The first-order valence-electron chi connectivity index (χ1n) is 24.2. The molecule has 2 aromatic heterocycles. The van der Waals surface area contributed by atoms with Gasteiger partial charge in [0.1, 0.15) is 0 Å². The van der Waals surface area contributed by atoms with Gasteiger partial charge in [-0.1, -0.05) is 194 Å². The van der Waals surface area contributed by atoms with Crippen molar-refractivity contribution in [3.63, 3.8) is 0 Å². The fourth-order valence-corrected chi connectivity index (χ4v) is 14.3. The second kappa shape index (κ2) is 16.7. The van der Waals surface area contributed by atoms with Gasteiger partial charge in [-0.2, -0.15) is 0 Å². The third-order valence-electron chi connectivity index (χ3n) is 15.0. The highest BCUT2D eigenvalue weighted by atomic mass is 32.2. The van der Waals surface area contributed by atoms with E-state index >= 15 is 0 Å². The lowest BCUT2D eigenvalue weighted by Gasteiger charge is -2.42. The summed E-state index contributed by atoms with van der Waals surface area (Å²) in [5.41, 5.74) is 17.3. The summed E-state index contributed by atoms with van der Waals surface area (Å²) in [6.07, 6.45) is 3.73. The van der Waals surface area contributed by atoms with Crippen LogP contribution in [0.25, 0.3) is 42.4 Å². The number of fused-ring (bicyclic) bond motifs is 8. The zero-order chi connectivity index (χ0) is 46.9. The van der Waals surface area contributed by atoms with Crippen LogP contribution in [0.2, 0.25) is 0 Å². The summed E-state index contributed by atoms with van der Waals surface area (Å²) in [5, 5.41) is 2.50. The second-order valence-electron chi connectivity index (χ2n) is 18.6. The summed E-state index contributed by atoms with van der Waals surface area (Å²) in [6, 6.07) is 95.1. The minimum Gasteiger partial charge on any atom is -0.310 e. The third-order valence-corrected chi connectivity index (χ3v) is 17.3. The number of nitrogens with zero attached hydrogens (tertiary/aromatic N) is 2. The van der Waals surface area contributed by atoms with Crippen molar-refractivity contribution in [1.82, 2.24) is 4.98 Å². The highest BCUT2D eigenvalue weighted by molar-refractivity contribution is 7.99. The zero-order valence-electron chi connectivity index (χ0n) is 38.6. The van der Waals surface area contributed by atoms with Crippen molar-refractivity contribution >= 4 is 60.3 Å². The maximum absolute atomic E-state index is 4.27. The first kappa shape index (κ1) is 41.7. The van der Waals surface area contributed by atoms with E-state index in [0.717, 1.165) is 17.1 Å². The Balaban J connectivity index is 0.992. The maximum atomic E-state index is 4.27. The van der Waals surface area contributed by atoms with Gasteiger partial charge >= 0.3 is 0 Å². The molecule has 2 nitrogen and oxygen atoms in total. The van der Waals surface area contributed by atoms with E-state index in [1.807, 2.05) is 35.5 Å². The molecule has 334 valence electrons. The average Bonchev–Trinajstić information content (AvgIpc) is 3.97. The van der Waals surface area contributed by atoms with E-state index in [2.05, 4.69) is 265 Å². The fourth-order valence-electron chi connectivity index (χ4n) is 12.0. The molecule has 4 heteroatoms. The van der Waals surface area contributed by atoms with Crippen LogP contribution < -0.4 is 4.90 Å². The molecule has 0 spiro atoms. The summed E-state index contributed by atoms with van der Waals surface area (Å²) >= 11 is 3.72. The molecule has 0 saturated heterocycles. The van der Waals surface area contributed by atoms with E-state index in [-0.39, 0.29) is 0 Å². The van der Waals surface area contributed by atoms with Crippen LogP contribution in [-0.2, 0) is 10.8 Å². The molecule has 12 aromatic rings. The Kier molecular flexibility index (Phi) is 9.80. The van der Waals surface area contributed by atoms with Crippen molar-refractivity contribution in [3.05, 3.63) is 312 Å². The summed E-state index contributed by atoms with van der Waals surface area (Å²) in [4.78, 5) is 9.30. The smallest absolute Gasteiger partial charge is 0.0724 e. The molecular weight excluding hydrogens is 897 g/mol. The first-order chi connectivity index (χ1) is 35.2. The van der Waals surface area contributed by atoms with Crippen LogP contribution in [0, 0.1) is 0 Å². The average molecular weight is 941 g/mol. The molecular formula is C67H44N2S2. The van der Waals surface area contributed by atoms with Crippen LogP contribution >= 0.6 is 23.1 Å². The van der Waals surface area contributed by atoms with Gasteiger partial charge in [0.15, 0.2) is 0 Å². The molecule has 2 aliphatic rings. The molecule has 0 amide bonds. The SMILES string of the molecule is c1ccc(C2(c3cccc(N(c4ccc(C5(c6ccccc6)c6ccccc6-c6ccccc65)cc4)c4ccc5sc6cc(-c7ccncc7)ccc6c5c4)c3)c3ccccc3Sc3ccccc32)cc1. The van der Waals surface area contributed by atoms with E-state index in [1.165, 1.54) is 96.7 Å². The van der Waals surface area contributed by atoms with Crippen LogP contribution in [0.3, 0.4) is 0 Å². The quantitative estimate of drug-likeness (QED) is 0.151. The zero-order valence-corrected chi connectivity index (χ0v) is 40.2. The molecule has 0 atom stereocenters. The number of pyridine rings is 1. The van der Waals surface area contributed by atoms with Crippen LogP contribution in [0.15, 0.2) is 277 Å². The molecule has 71 heavy (non-hydrogen) atoms. The number of hydrogen-bond acceptors (Lipinski definition) is 4. The number of rotatable bonds is 8. The van der Waals surface area contributed by atoms with Crippen LogP contribution in [0.5, 0.6) is 0 Å². The molecule has 3 heterocycles. The third kappa shape index (κ3) is 6.38. The van der Waals surface area contributed by atoms with Gasteiger partial charge in [0.25, 0.3) is 0 Å². The molecule has 10 aromatic carbocycles. The highest BCUT2D eigenvalue weighted by Gasteiger charge is 2.47. The Hall–Kier alpha value is -8.28. The Morgan fingerprint density at radius 2 is 0.845 bits per heavy atom. The van der Waals surface area contributed by atoms with E-state index in [1.54, 1.807) is 0 Å². The molecule has 1 aliphatic heterocycles. The lowest BCUT2D eigenvalue weighted by Crippen LogP contribution is -2.34. The predicted molar refractivity (Wildman–Crippen MR) is 297 cm³/mol. The fraction of sp³-hybridized carbons (Fsp3) is 0.0299. The van der Waals surface area contributed by atoms with Crippen LogP contribution in [0.1, 0.15) is 44.5 Å². The minimum absolute atomic E-state index is 0.497. The topological polar surface area (TPSA) is 16.1 Å². The molecule has 0 unspecified atom stereocenters. The van der Waals surface area contributed by atoms with E-state index < -0.39 is 10.8 Å². The number of anilines is 3.